The molecule has 21 heavy (non-hydrogen) atoms. The number of benzene rings is 1. The average molecular weight is 298 g/mol. The van der Waals surface area contributed by atoms with Gasteiger partial charge in [0.2, 0.25) is 0 Å². The standard InChI is InChI=1S/C16H12ClN3O/c1-20-10-14(9-19-20)11-2-4-12(5-3-11)16(21)13-6-7-18-15(17)8-13/h2-10H,1H3. The van der Waals surface area contributed by atoms with Crippen molar-refractivity contribution < 1.29 is 4.79 Å². The van der Waals surface area contributed by atoms with Crippen LogP contribution in [0.4, 0.5) is 0 Å². The molecular formula is C16H12ClN3O. The fourth-order valence-electron chi connectivity index (χ4n) is 2.09. The van der Waals surface area contributed by atoms with Crippen molar-refractivity contribution in [2.45, 2.75) is 0 Å². The van der Waals surface area contributed by atoms with E-state index in [2.05, 4.69) is 10.1 Å². The van der Waals surface area contributed by atoms with Crippen molar-refractivity contribution >= 4 is 17.4 Å². The van der Waals surface area contributed by atoms with E-state index in [0.29, 0.717) is 16.3 Å². The molecule has 0 unspecified atom stereocenters. The lowest BCUT2D eigenvalue weighted by atomic mass is 10.0. The minimum atomic E-state index is -0.0722. The number of pyridine rings is 1. The predicted octanol–water partition coefficient (Wildman–Crippen LogP) is 3.37. The van der Waals surface area contributed by atoms with Crippen molar-refractivity contribution in [3.8, 4) is 11.1 Å². The van der Waals surface area contributed by atoms with Gasteiger partial charge in [-0.1, -0.05) is 35.9 Å². The van der Waals surface area contributed by atoms with Gasteiger partial charge in [0.05, 0.1) is 6.20 Å². The zero-order chi connectivity index (χ0) is 14.8. The van der Waals surface area contributed by atoms with Crippen LogP contribution >= 0.6 is 11.6 Å². The van der Waals surface area contributed by atoms with Gasteiger partial charge < -0.3 is 0 Å². The Hall–Kier alpha value is -2.46. The summed E-state index contributed by atoms with van der Waals surface area (Å²) in [5.74, 6) is -0.0722. The van der Waals surface area contributed by atoms with Crippen LogP contribution in [0.5, 0.6) is 0 Å². The predicted molar refractivity (Wildman–Crippen MR) is 81.3 cm³/mol. The van der Waals surface area contributed by atoms with Crippen molar-refractivity contribution in [1.82, 2.24) is 14.8 Å². The highest BCUT2D eigenvalue weighted by Gasteiger charge is 2.10. The number of ketones is 1. The molecule has 0 saturated carbocycles. The van der Waals surface area contributed by atoms with Gasteiger partial charge in [-0.3, -0.25) is 9.48 Å². The van der Waals surface area contributed by atoms with E-state index in [4.69, 9.17) is 11.6 Å². The zero-order valence-corrected chi connectivity index (χ0v) is 12.1. The van der Waals surface area contributed by atoms with Gasteiger partial charge in [0.15, 0.2) is 5.78 Å². The Morgan fingerprint density at radius 2 is 1.86 bits per heavy atom. The molecule has 0 fully saturated rings. The number of halogens is 1. The Kier molecular flexibility index (Phi) is 3.54. The van der Waals surface area contributed by atoms with Crippen molar-refractivity contribution in [3.05, 3.63) is 71.3 Å². The molecule has 104 valence electrons. The smallest absolute Gasteiger partial charge is 0.193 e. The summed E-state index contributed by atoms with van der Waals surface area (Å²) in [7, 11) is 1.87. The van der Waals surface area contributed by atoms with E-state index in [-0.39, 0.29) is 5.78 Å². The summed E-state index contributed by atoms with van der Waals surface area (Å²) in [6.07, 6.45) is 5.25. The molecule has 2 heterocycles. The molecule has 1 aromatic carbocycles. The molecular weight excluding hydrogens is 286 g/mol. The Labute approximate surface area is 127 Å². The lowest BCUT2D eigenvalue weighted by molar-refractivity contribution is 0.103. The third kappa shape index (κ3) is 2.85. The van der Waals surface area contributed by atoms with Gasteiger partial charge in [0, 0.05) is 36.1 Å². The van der Waals surface area contributed by atoms with Gasteiger partial charge in [0.25, 0.3) is 0 Å². The van der Waals surface area contributed by atoms with E-state index in [9.17, 15) is 4.79 Å². The molecule has 3 rings (SSSR count). The van der Waals surface area contributed by atoms with Gasteiger partial charge in [-0.15, -0.1) is 0 Å². The zero-order valence-electron chi connectivity index (χ0n) is 11.3. The van der Waals surface area contributed by atoms with Crippen LogP contribution < -0.4 is 0 Å². The summed E-state index contributed by atoms with van der Waals surface area (Å²) < 4.78 is 1.74. The van der Waals surface area contributed by atoms with Crippen molar-refractivity contribution in [3.63, 3.8) is 0 Å². The highest BCUT2D eigenvalue weighted by molar-refractivity contribution is 6.30. The van der Waals surface area contributed by atoms with Gasteiger partial charge in [-0.2, -0.15) is 5.10 Å². The molecule has 0 atom stereocenters. The number of rotatable bonds is 3. The molecule has 0 spiro atoms. The molecule has 0 radical (unpaired) electrons. The fraction of sp³-hybridized carbons (Fsp3) is 0.0625. The molecule has 0 aliphatic rings. The molecule has 5 heteroatoms. The fourth-order valence-corrected chi connectivity index (χ4v) is 2.27. The normalized spacial score (nSPS) is 10.6. The molecule has 0 aliphatic carbocycles. The molecule has 0 saturated heterocycles. The van der Waals surface area contributed by atoms with E-state index in [1.165, 1.54) is 6.20 Å². The van der Waals surface area contributed by atoms with E-state index >= 15 is 0 Å². The van der Waals surface area contributed by atoms with E-state index in [1.54, 1.807) is 35.1 Å². The minimum Gasteiger partial charge on any atom is -0.289 e. The maximum Gasteiger partial charge on any atom is 0.193 e. The largest absolute Gasteiger partial charge is 0.289 e. The lowest BCUT2D eigenvalue weighted by Gasteiger charge is -2.03. The summed E-state index contributed by atoms with van der Waals surface area (Å²) in [4.78, 5) is 16.2. The second-order valence-electron chi connectivity index (χ2n) is 4.68. The number of aryl methyl sites for hydroxylation is 1. The van der Waals surface area contributed by atoms with Crippen LogP contribution in [0, 0.1) is 0 Å². The third-order valence-corrected chi connectivity index (χ3v) is 3.38. The van der Waals surface area contributed by atoms with E-state index < -0.39 is 0 Å². The molecule has 4 nitrogen and oxygen atoms in total. The molecule has 2 aromatic heterocycles. The van der Waals surface area contributed by atoms with Crippen LogP contribution in [0.15, 0.2) is 55.0 Å². The molecule has 0 bridgehead atoms. The van der Waals surface area contributed by atoms with Crippen LogP contribution in [-0.2, 0) is 7.05 Å². The Morgan fingerprint density at radius 1 is 1.10 bits per heavy atom. The first-order valence-electron chi connectivity index (χ1n) is 6.39. The average Bonchev–Trinajstić information content (AvgIpc) is 2.93. The number of carbonyl (C=O) groups is 1. The molecule has 0 amide bonds. The van der Waals surface area contributed by atoms with Gasteiger partial charge in [-0.05, 0) is 17.7 Å². The number of carbonyl (C=O) groups excluding carboxylic acids is 1. The van der Waals surface area contributed by atoms with Crippen molar-refractivity contribution in [1.29, 1.82) is 0 Å². The summed E-state index contributed by atoms with van der Waals surface area (Å²) >= 11 is 5.81. The summed E-state index contributed by atoms with van der Waals surface area (Å²) in [6.45, 7) is 0. The molecule has 0 aliphatic heterocycles. The van der Waals surface area contributed by atoms with Crippen LogP contribution in [0.2, 0.25) is 5.15 Å². The van der Waals surface area contributed by atoms with E-state index in [1.807, 2.05) is 25.4 Å². The topological polar surface area (TPSA) is 47.8 Å². The first kappa shape index (κ1) is 13.5. The second kappa shape index (κ2) is 5.50. The van der Waals surface area contributed by atoms with Crippen LogP contribution in [0.3, 0.4) is 0 Å². The van der Waals surface area contributed by atoms with Gasteiger partial charge in [0.1, 0.15) is 5.15 Å². The highest BCUT2D eigenvalue weighted by Crippen LogP contribution is 2.20. The Morgan fingerprint density at radius 3 is 2.48 bits per heavy atom. The lowest BCUT2D eigenvalue weighted by Crippen LogP contribution is -2.01. The number of hydrogen-bond donors (Lipinski definition) is 0. The van der Waals surface area contributed by atoms with Crippen LogP contribution in [0.25, 0.3) is 11.1 Å². The van der Waals surface area contributed by atoms with Crippen molar-refractivity contribution in [2.75, 3.05) is 0 Å². The number of aromatic nitrogens is 3. The molecule has 3 aromatic rings. The monoisotopic (exact) mass is 297 g/mol. The third-order valence-electron chi connectivity index (χ3n) is 3.17. The second-order valence-corrected chi connectivity index (χ2v) is 5.06. The van der Waals surface area contributed by atoms with Gasteiger partial charge in [-0.25, -0.2) is 4.98 Å². The van der Waals surface area contributed by atoms with Gasteiger partial charge >= 0.3 is 0 Å². The van der Waals surface area contributed by atoms with E-state index in [0.717, 1.165) is 11.1 Å². The Bertz CT molecular complexity index is 793. The first-order chi connectivity index (χ1) is 10.1. The first-order valence-corrected chi connectivity index (χ1v) is 6.76. The summed E-state index contributed by atoms with van der Waals surface area (Å²) in [5, 5.41) is 4.45. The van der Waals surface area contributed by atoms with Crippen LogP contribution in [-0.4, -0.2) is 20.5 Å². The maximum absolute atomic E-state index is 12.3. The highest BCUT2D eigenvalue weighted by atomic mass is 35.5. The SMILES string of the molecule is Cn1cc(-c2ccc(C(=O)c3ccnc(Cl)c3)cc2)cn1. The quantitative estimate of drug-likeness (QED) is 0.550. The summed E-state index contributed by atoms with van der Waals surface area (Å²) in [5.41, 5.74) is 3.19. The van der Waals surface area contributed by atoms with Crippen molar-refractivity contribution in [2.24, 2.45) is 7.05 Å². The number of hydrogen-bond acceptors (Lipinski definition) is 3. The minimum absolute atomic E-state index is 0.0722. The van der Waals surface area contributed by atoms with Crippen LogP contribution in [0.1, 0.15) is 15.9 Å². The number of nitrogens with zero attached hydrogens (tertiary/aromatic N) is 3. The molecule has 0 N–H and O–H groups in total. The Balaban J connectivity index is 1.89. The summed E-state index contributed by atoms with van der Waals surface area (Å²) in [6, 6.07) is 10.7. The maximum atomic E-state index is 12.3.